The number of hydrogen-bond acceptors (Lipinski definition) is 3. The van der Waals surface area contributed by atoms with Gasteiger partial charge in [-0.05, 0) is 6.42 Å². The number of amides is 2. The van der Waals surface area contributed by atoms with Crippen LogP contribution >= 0.6 is 0 Å². The van der Waals surface area contributed by atoms with Crippen LogP contribution in [0.5, 0.6) is 0 Å². The summed E-state index contributed by atoms with van der Waals surface area (Å²) in [6, 6.07) is -0.428. The highest BCUT2D eigenvalue weighted by molar-refractivity contribution is 5.81. The second-order valence-electron chi connectivity index (χ2n) is 3.52. The SMILES string of the molecule is CCCCC(N)C(=O)NCCNC(C)=O. The number of rotatable bonds is 7. The van der Waals surface area contributed by atoms with Crippen molar-refractivity contribution in [3.63, 3.8) is 0 Å². The van der Waals surface area contributed by atoms with Gasteiger partial charge in [0.15, 0.2) is 0 Å². The Morgan fingerprint density at radius 2 is 1.87 bits per heavy atom. The van der Waals surface area contributed by atoms with Crippen molar-refractivity contribution >= 4 is 11.8 Å². The highest BCUT2D eigenvalue weighted by Crippen LogP contribution is 1.97. The van der Waals surface area contributed by atoms with E-state index >= 15 is 0 Å². The Balaban J connectivity index is 3.51. The summed E-state index contributed by atoms with van der Waals surface area (Å²) in [6.07, 6.45) is 2.70. The van der Waals surface area contributed by atoms with E-state index in [-0.39, 0.29) is 11.8 Å². The van der Waals surface area contributed by atoms with Crippen molar-refractivity contribution in [2.45, 2.75) is 39.2 Å². The predicted octanol–water partition coefficient (Wildman–Crippen LogP) is -0.244. The van der Waals surface area contributed by atoms with Crippen LogP contribution in [0.1, 0.15) is 33.1 Å². The van der Waals surface area contributed by atoms with E-state index in [0.717, 1.165) is 12.8 Å². The molecule has 1 atom stereocenters. The zero-order chi connectivity index (χ0) is 11.7. The molecule has 0 aromatic heterocycles. The third kappa shape index (κ3) is 7.93. The molecule has 0 aliphatic rings. The fourth-order valence-corrected chi connectivity index (χ4v) is 1.11. The van der Waals surface area contributed by atoms with Crippen LogP contribution in [0, 0.1) is 0 Å². The van der Waals surface area contributed by atoms with Gasteiger partial charge in [0, 0.05) is 20.0 Å². The molecule has 0 saturated heterocycles. The summed E-state index contributed by atoms with van der Waals surface area (Å²) in [6.45, 7) is 4.37. The van der Waals surface area contributed by atoms with Crippen LogP contribution in [0.3, 0.4) is 0 Å². The molecule has 0 aromatic carbocycles. The van der Waals surface area contributed by atoms with Crippen LogP contribution in [0.4, 0.5) is 0 Å². The Kier molecular flexibility index (Phi) is 7.62. The van der Waals surface area contributed by atoms with E-state index in [1.807, 2.05) is 0 Å². The van der Waals surface area contributed by atoms with Crippen molar-refractivity contribution < 1.29 is 9.59 Å². The minimum atomic E-state index is -0.428. The van der Waals surface area contributed by atoms with Crippen molar-refractivity contribution in [3.05, 3.63) is 0 Å². The first kappa shape index (κ1) is 13.9. The van der Waals surface area contributed by atoms with Gasteiger partial charge in [-0.1, -0.05) is 19.8 Å². The van der Waals surface area contributed by atoms with Crippen LogP contribution in [0.25, 0.3) is 0 Å². The maximum absolute atomic E-state index is 11.3. The molecular weight excluding hydrogens is 194 g/mol. The first-order valence-electron chi connectivity index (χ1n) is 5.35. The molecule has 88 valence electrons. The van der Waals surface area contributed by atoms with Crippen LogP contribution in [0.15, 0.2) is 0 Å². The van der Waals surface area contributed by atoms with Gasteiger partial charge in [0.1, 0.15) is 0 Å². The van der Waals surface area contributed by atoms with Crippen LogP contribution < -0.4 is 16.4 Å². The quantitative estimate of drug-likeness (QED) is 0.512. The van der Waals surface area contributed by atoms with Crippen molar-refractivity contribution in [2.75, 3.05) is 13.1 Å². The largest absolute Gasteiger partial charge is 0.355 e. The molecule has 0 saturated carbocycles. The van der Waals surface area contributed by atoms with E-state index in [1.54, 1.807) is 0 Å². The molecule has 0 fully saturated rings. The normalized spacial score (nSPS) is 11.9. The number of nitrogens with two attached hydrogens (primary N) is 1. The fraction of sp³-hybridized carbons (Fsp3) is 0.800. The Labute approximate surface area is 90.8 Å². The van der Waals surface area contributed by atoms with E-state index in [1.165, 1.54) is 6.92 Å². The Morgan fingerprint density at radius 3 is 2.40 bits per heavy atom. The Bertz CT molecular complexity index is 207. The molecule has 15 heavy (non-hydrogen) atoms. The summed E-state index contributed by atoms with van der Waals surface area (Å²) in [5, 5.41) is 5.26. The Hall–Kier alpha value is -1.10. The molecule has 0 heterocycles. The van der Waals surface area contributed by atoms with Crippen molar-refractivity contribution in [2.24, 2.45) is 5.73 Å². The van der Waals surface area contributed by atoms with Crippen LogP contribution in [-0.4, -0.2) is 30.9 Å². The first-order chi connectivity index (χ1) is 7.07. The Morgan fingerprint density at radius 1 is 1.27 bits per heavy atom. The number of carbonyl (C=O) groups is 2. The average Bonchev–Trinajstić information content (AvgIpc) is 2.20. The van der Waals surface area contributed by atoms with E-state index in [2.05, 4.69) is 17.6 Å². The minimum Gasteiger partial charge on any atom is -0.355 e. The molecule has 0 radical (unpaired) electrons. The molecule has 0 spiro atoms. The van der Waals surface area contributed by atoms with Gasteiger partial charge in [0.2, 0.25) is 11.8 Å². The summed E-state index contributed by atoms with van der Waals surface area (Å²) < 4.78 is 0. The number of nitrogens with one attached hydrogen (secondary N) is 2. The molecule has 0 aromatic rings. The number of hydrogen-bond donors (Lipinski definition) is 3. The molecule has 1 unspecified atom stereocenters. The molecule has 5 heteroatoms. The van der Waals surface area contributed by atoms with Crippen LogP contribution in [0.2, 0.25) is 0 Å². The number of unbranched alkanes of at least 4 members (excludes halogenated alkanes) is 1. The minimum absolute atomic E-state index is 0.0977. The third-order valence-electron chi connectivity index (χ3n) is 2.00. The van der Waals surface area contributed by atoms with Crippen molar-refractivity contribution in [1.82, 2.24) is 10.6 Å². The fourth-order valence-electron chi connectivity index (χ4n) is 1.11. The topological polar surface area (TPSA) is 84.2 Å². The van der Waals surface area contributed by atoms with E-state index in [4.69, 9.17) is 5.73 Å². The molecular formula is C10H21N3O2. The molecule has 5 nitrogen and oxygen atoms in total. The zero-order valence-electron chi connectivity index (χ0n) is 9.51. The van der Waals surface area contributed by atoms with E-state index in [0.29, 0.717) is 19.5 Å². The lowest BCUT2D eigenvalue weighted by Crippen LogP contribution is -2.43. The summed E-state index contributed by atoms with van der Waals surface area (Å²) >= 11 is 0. The maximum Gasteiger partial charge on any atom is 0.236 e. The lowest BCUT2D eigenvalue weighted by atomic mass is 10.1. The van der Waals surface area contributed by atoms with Gasteiger partial charge >= 0.3 is 0 Å². The molecule has 0 aliphatic heterocycles. The summed E-state index contributed by atoms with van der Waals surface area (Å²) in [7, 11) is 0. The van der Waals surface area contributed by atoms with Gasteiger partial charge in [-0.25, -0.2) is 0 Å². The van der Waals surface area contributed by atoms with Gasteiger partial charge in [-0.2, -0.15) is 0 Å². The second-order valence-corrected chi connectivity index (χ2v) is 3.52. The molecule has 4 N–H and O–H groups in total. The summed E-state index contributed by atoms with van der Waals surface area (Å²) in [5.41, 5.74) is 5.65. The second kappa shape index (κ2) is 8.23. The lowest BCUT2D eigenvalue weighted by Gasteiger charge is -2.11. The first-order valence-corrected chi connectivity index (χ1v) is 5.35. The van der Waals surface area contributed by atoms with Crippen molar-refractivity contribution in [1.29, 1.82) is 0 Å². The molecule has 0 aliphatic carbocycles. The maximum atomic E-state index is 11.3. The molecule has 0 bridgehead atoms. The lowest BCUT2D eigenvalue weighted by molar-refractivity contribution is -0.123. The standard InChI is InChI=1S/C10H21N3O2/c1-3-4-5-9(11)10(15)13-7-6-12-8(2)14/h9H,3-7,11H2,1-2H3,(H,12,14)(H,13,15). The third-order valence-corrected chi connectivity index (χ3v) is 2.00. The molecule has 2 amide bonds. The smallest absolute Gasteiger partial charge is 0.236 e. The zero-order valence-corrected chi connectivity index (χ0v) is 9.51. The summed E-state index contributed by atoms with van der Waals surface area (Å²) in [4.78, 5) is 21.9. The average molecular weight is 215 g/mol. The van der Waals surface area contributed by atoms with Gasteiger partial charge in [0.25, 0.3) is 0 Å². The van der Waals surface area contributed by atoms with Gasteiger partial charge in [0.05, 0.1) is 6.04 Å². The van der Waals surface area contributed by atoms with E-state index < -0.39 is 6.04 Å². The van der Waals surface area contributed by atoms with E-state index in [9.17, 15) is 9.59 Å². The van der Waals surface area contributed by atoms with Gasteiger partial charge < -0.3 is 16.4 Å². The highest BCUT2D eigenvalue weighted by atomic mass is 16.2. The van der Waals surface area contributed by atoms with Gasteiger partial charge in [-0.3, -0.25) is 9.59 Å². The molecule has 0 rings (SSSR count). The van der Waals surface area contributed by atoms with Crippen LogP contribution in [-0.2, 0) is 9.59 Å². The predicted molar refractivity (Wildman–Crippen MR) is 59.2 cm³/mol. The van der Waals surface area contributed by atoms with Crippen molar-refractivity contribution in [3.8, 4) is 0 Å². The number of carbonyl (C=O) groups excluding carboxylic acids is 2. The monoisotopic (exact) mass is 215 g/mol. The van der Waals surface area contributed by atoms with Gasteiger partial charge in [-0.15, -0.1) is 0 Å². The summed E-state index contributed by atoms with van der Waals surface area (Å²) in [5.74, 6) is -0.242. The highest BCUT2D eigenvalue weighted by Gasteiger charge is 2.11.